The van der Waals surface area contributed by atoms with Gasteiger partial charge in [0, 0.05) is 11.6 Å². The van der Waals surface area contributed by atoms with E-state index in [2.05, 4.69) is 18.2 Å². The second kappa shape index (κ2) is 4.23. The molecule has 0 saturated heterocycles. The SMILES string of the molecule is C=CC1=CC=[NH+]CC1=C.[Br-]. The molecule has 0 amide bonds. The monoisotopic (exact) mass is 199 g/mol. The first-order valence-corrected chi connectivity index (χ1v) is 2.92. The summed E-state index contributed by atoms with van der Waals surface area (Å²) in [6, 6.07) is 0. The molecule has 0 aliphatic carbocycles. The summed E-state index contributed by atoms with van der Waals surface area (Å²) in [4.78, 5) is 3.05. The number of hydrogen-bond acceptors (Lipinski definition) is 0. The van der Waals surface area contributed by atoms with E-state index in [9.17, 15) is 0 Å². The second-order valence-electron chi connectivity index (χ2n) is 1.98. The molecule has 0 aromatic rings. The van der Waals surface area contributed by atoms with Crippen LogP contribution >= 0.6 is 0 Å². The van der Waals surface area contributed by atoms with Crippen LogP contribution in [0.4, 0.5) is 0 Å². The highest BCUT2D eigenvalue weighted by molar-refractivity contribution is 5.71. The molecular formula is C8H10BrN. The molecule has 1 aliphatic heterocycles. The van der Waals surface area contributed by atoms with Crippen molar-refractivity contribution in [1.29, 1.82) is 0 Å². The van der Waals surface area contributed by atoms with Gasteiger partial charge in [-0.2, -0.15) is 0 Å². The van der Waals surface area contributed by atoms with Crippen LogP contribution in [0.3, 0.4) is 0 Å². The fourth-order valence-corrected chi connectivity index (χ4v) is 0.763. The summed E-state index contributed by atoms with van der Waals surface area (Å²) in [6.45, 7) is 8.35. The lowest BCUT2D eigenvalue weighted by atomic mass is 10.1. The number of halogens is 1. The largest absolute Gasteiger partial charge is 1.00 e. The van der Waals surface area contributed by atoms with E-state index in [1.807, 2.05) is 18.4 Å². The van der Waals surface area contributed by atoms with Crippen molar-refractivity contribution in [2.45, 2.75) is 0 Å². The van der Waals surface area contributed by atoms with Crippen molar-refractivity contribution in [2.75, 3.05) is 6.54 Å². The zero-order valence-electron chi connectivity index (χ0n) is 5.73. The molecule has 1 nitrogen and oxygen atoms in total. The molecule has 0 radical (unpaired) electrons. The van der Waals surface area contributed by atoms with Crippen LogP contribution in [0.5, 0.6) is 0 Å². The van der Waals surface area contributed by atoms with Crippen LogP contribution in [0.2, 0.25) is 0 Å². The third-order valence-corrected chi connectivity index (χ3v) is 1.32. The molecule has 0 aromatic carbocycles. The van der Waals surface area contributed by atoms with E-state index >= 15 is 0 Å². The average molecular weight is 200 g/mol. The van der Waals surface area contributed by atoms with Gasteiger partial charge in [-0.25, -0.2) is 4.99 Å². The van der Waals surface area contributed by atoms with Gasteiger partial charge in [-0.05, 0) is 5.57 Å². The summed E-state index contributed by atoms with van der Waals surface area (Å²) in [5.74, 6) is 0. The van der Waals surface area contributed by atoms with Crippen LogP contribution in [0, 0.1) is 0 Å². The van der Waals surface area contributed by atoms with E-state index < -0.39 is 0 Å². The Hall–Kier alpha value is -0.630. The highest BCUT2D eigenvalue weighted by atomic mass is 79.9. The zero-order chi connectivity index (χ0) is 6.69. The van der Waals surface area contributed by atoms with Crippen LogP contribution in [0.15, 0.2) is 36.5 Å². The highest BCUT2D eigenvalue weighted by Gasteiger charge is 2.03. The standard InChI is InChI=1S/C8H9N.BrH/c1-3-8-4-5-9-6-7(8)2;/h3-5H,1-2,6H2;1H. The van der Waals surface area contributed by atoms with E-state index in [0.717, 1.165) is 17.7 Å². The molecule has 0 spiro atoms. The van der Waals surface area contributed by atoms with Crippen molar-refractivity contribution in [2.24, 2.45) is 0 Å². The summed E-state index contributed by atoms with van der Waals surface area (Å²) in [5, 5.41) is 0. The number of allylic oxidation sites excluding steroid dienone is 2. The molecule has 1 rings (SSSR count). The number of rotatable bonds is 1. The average Bonchev–Trinajstić information content (AvgIpc) is 1.89. The molecule has 2 heteroatoms. The van der Waals surface area contributed by atoms with Gasteiger partial charge >= 0.3 is 0 Å². The maximum Gasteiger partial charge on any atom is 0.166 e. The molecule has 1 N–H and O–H groups in total. The van der Waals surface area contributed by atoms with Crippen LogP contribution in [-0.4, -0.2) is 12.8 Å². The summed E-state index contributed by atoms with van der Waals surface area (Å²) in [7, 11) is 0. The van der Waals surface area contributed by atoms with Crippen molar-refractivity contribution in [3.63, 3.8) is 0 Å². The number of nitrogens with one attached hydrogen (secondary N) is 1. The summed E-state index contributed by atoms with van der Waals surface area (Å²) >= 11 is 0. The topological polar surface area (TPSA) is 14.0 Å². The molecule has 10 heavy (non-hydrogen) atoms. The Kier molecular flexibility index (Phi) is 3.96. The first-order valence-electron chi connectivity index (χ1n) is 2.92. The second-order valence-corrected chi connectivity index (χ2v) is 1.98. The molecule has 0 fully saturated rings. The van der Waals surface area contributed by atoms with Gasteiger partial charge in [0.05, 0.1) is 0 Å². The molecule has 0 bridgehead atoms. The quantitative estimate of drug-likeness (QED) is 0.459. The van der Waals surface area contributed by atoms with Crippen LogP contribution in [-0.2, 0) is 0 Å². The Bertz CT molecular complexity index is 201. The molecule has 1 heterocycles. The van der Waals surface area contributed by atoms with Crippen LogP contribution in [0.25, 0.3) is 0 Å². The number of hydrogen-bond donors (Lipinski definition) is 1. The maximum absolute atomic E-state index is 3.84. The van der Waals surface area contributed by atoms with E-state index in [-0.39, 0.29) is 17.0 Å². The first kappa shape index (κ1) is 9.37. The van der Waals surface area contributed by atoms with E-state index in [4.69, 9.17) is 0 Å². The normalized spacial score (nSPS) is 15.6. The van der Waals surface area contributed by atoms with Crippen molar-refractivity contribution in [3.05, 3.63) is 36.5 Å². The van der Waals surface area contributed by atoms with E-state index in [1.165, 1.54) is 0 Å². The Balaban J connectivity index is 0.000000810. The fraction of sp³-hybridized carbons (Fsp3) is 0.125. The van der Waals surface area contributed by atoms with Gasteiger partial charge in [-0.15, -0.1) is 0 Å². The van der Waals surface area contributed by atoms with Gasteiger partial charge in [0.2, 0.25) is 0 Å². The summed E-state index contributed by atoms with van der Waals surface area (Å²) in [5.41, 5.74) is 2.24. The third-order valence-electron chi connectivity index (χ3n) is 1.32. The lowest BCUT2D eigenvalue weighted by Crippen LogP contribution is -3.00. The van der Waals surface area contributed by atoms with Gasteiger partial charge in [-0.3, -0.25) is 0 Å². The minimum Gasteiger partial charge on any atom is -1.00 e. The zero-order valence-corrected chi connectivity index (χ0v) is 7.32. The van der Waals surface area contributed by atoms with Crippen molar-refractivity contribution in [3.8, 4) is 0 Å². The van der Waals surface area contributed by atoms with Crippen LogP contribution in [0.1, 0.15) is 0 Å². The van der Waals surface area contributed by atoms with E-state index in [0.29, 0.717) is 0 Å². The summed E-state index contributed by atoms with van der Waals surface area (Å²) < 4.78 is 0. The highest BCUT2D eigenvalue weighted by Crippen LogP contribution is 2.05. The minimum absolute atomic E-state index is 0. The maximum atomic E-state index is 3.84. The fourth-order valence-electron chi connectivity index (χ4n) is 0.763. The third kappa shape index (κ3) is 1.95. The molecule has 0 atom stereocenters. The minimum atomic E-state index is 0. The van der Waals surface area contributed by atoms with E-state index in [1.54, 1.807) is 0 Å². The Labute approximate surface area is 71.6 Å². The lowest BCUT2D eigenvalue weighted by molar-refractivity contribution is -0.441. The predicted octanol–water partition coefficient (Wildman–Crippen LogP) is -3.18. The summed E-state index contributed by atoms with van der Waals surface area (Å²) in [6.07, 6.45) is 5.70. The Morgan fingerprint density at radius 1 is 1.60 bits per heavy atom. The Morgan fingerprint density at radius 3 is 2.70 bits per heavy atom. The molecule has 1 aliphatic rings. The van der Waals surface area contributed by atoms with Crippen molar-refractivity contribution >= 4 is 6.21 Å². The van der Waals surface area contributed by atoms with Gasteiger partial charge in [0.15, 0.2) is 12.8 Å². The van der Waals surface area contributed by atoms with Crippen molar-refractivity contribution < 1.29 is 22.0 Å². The molecular weight excluding hydrogens is 190 g/mol. The smallest absolute Gasteiger partial charge is 0.166 e. The lowest BCUT2D eigenvalue weighted by Gasteiger charge is -2.00. The van der Waals surface area contributed by atoms with Crippen molar-refractivity contribution in [1.82, 2.24) is 0 Å². The molecule has 0 aromatic heterocycles. The Morgan fingerprint density at radius 2 is 2.30 bits per heavy atom. The van der Waals surface area contributed by atoms with Gasteiger partial charge < -0.3 is 17.0 Å². The first-order chi connectivity index (χ1) is 4.34. The predicted molar refractivity (Wildman–Crippen MR) is 39.3 cm³/mol. The molecule has 54 valence electrons. The van der Waals surface area contributed by atoms with Gasteiger partial charge in [0.25, 0.3) is 0 Å². The van der Waals surface area contributed by atoms with Crippen LogP contribution < -0.4 is 22.0 Å². The van der Waals surface area contributed by atoms with Gasteiger partial charge in [0.1, 0.15) is 0 Å². The molecule has 0 saturated carbocycles. The van der Waals surface area contributed by atoms with Gasteiger partial charge in [-0.1, -0.05) is 19.2 Å². The molecule has 0 unspecified atom stereocenters.